The molecule has 0 amide bonds. The monoisotopic (exact) mass is 254 g/mol. The molecule has 0 spiro atoms. The third-order valence-corrected chi connectivity index (χ3v) is 3.86. The zero-order chi connectivity index (χ0) is 12.3. The summed E-state index contributed by atoms with van der Waals surface area (Å²) in [7, 11) is 0. The second-order valence-electron chi connectivity index (χ2n) is 4.68. The Labute approximate surface area is 108 Å². The SMILES string of the molecule is Cc1c(Cl)cccc1C(O)CCC1CCCO1. The van der Waals surface area contributed by atoms with Crippen molar-refractivity contribution in [1.29, 1.82) is 0 Å². The molecule has 1 aliphatic rings. The molecule has 3 heteroatoms. The van der Waals surface area contributed by atoms with Crippen LogP contribution in [0.3, 0.4) is 0 Å². The van der Waals surface area contributed by atoms with Gasteiger partial charge in [0.1, 0.15) is 0 Å². The smallest absolute Gasteiger partial charge is 0.0794 e. The van der Waals surface area contributed by atoms with Gasteiger partial charge in [-0.25, -0.2) is 0 Å². The highest BCUT2D eigenvalue weighted by molar-refractivity contribution is 6.31. The van der Waals surface area contributed by atoms with Crippen LogP contribution in [0.4, 0.5) is 0 Å². The second-order valence-corrected chi connectivity index (χ2v) is 5.09. The molecule has 1 aromatic carbocycles. The number of hydrogen-bond acceptors (Lipinski definition) is 2. The van der Waals surface area contributed by atoms with Gasteiger partial charge in [-0.1, -0.05) is 23.7 Å². The van der Waals surface area contributed by atoms with Crippen molar-refractivity contribution in [3.8, 4) is 0 Å². The molecule has 0 aromatic heterocycles. The highest BCUT2D eigenvalue weighted by Gasteiger charge is 2.18. The minimum absolute atomic E-state index is 0.337. The minimum atomic E-state index is -0.433. The normalized spacial score (nSPS) is 21.7. The van der Waals surface area contributed by atoms with Crippen LogP contribution in [0.5, 0.6) is 0 Å². The lowest BCUT2D eigenvalue weighted by atomic mass is 9.98. The maximum absolute atomic E-state index is 10.2. The van der Waals surface area contributed by atoms with Gasteiger partial charge in [0.05, 0.1) is 12.2 Å². The number of ether oxygens (including phenoxy) is 1. The molecule has 1 fully saturated rings. The van der Waals surface area contributed by atoms with Crippen molar-refractivity contribution < 1.29 is 9.84 Å². The molecular weight excluding hydrogens is 236 g/mol. The molecule has 0 radical (unpaired) electrons. The summed E-state index contributed by atoms with van der Waals surface area (Å²) in [6.07, 6.45) is 3.85. The van der Waals surface area contributed by atoms with Gasteiger partial charge < -0.3 is 9.84 Å². The van der Waals surface area contributed by atoms with Crippen LogP contribution >= 0.6 is 11.6 Å². The van der Waals surface area contributed by atoms with E-state index in [0.717, 1.165) is 48.4 Å². The number of aliphatic hydroxyl groups excluding tert-OH is 1. The summed E-state index contributed by atoms with van der Waals surface area (Å²) < 4.78 is 5.56. The van der Waals surface area contributed by atoms with E-state index in [-0.39, 0.29) is 0 Å². The van der Waals surface area contributed by atoms with Gasteiger partial charge >= 0.3 is 0 Å². The fourth-order valence-electron chi connectivity index (χ4n) is 2.36. The van der Waals surface area contributed by atoms with Gasteiger partial charge in [0, 0.05) is 11.6 Å². The van der Waals surface area contributed by atoms with Crippen LogP contribution in [0.15, 0.2) is 18.2 Å². The van der Waals surface area contributed by atoms with Crippen LogP contribution in [0.2, 0.25) is 5.02 Å². The van der Waals surface area contributed by atoms with Gasteiger partial charge in [0.25, 0.3) is 0 Å². The summed E-state index contributed by atoms with van der Waals surface area (Å²) in [6.45, 7) is 2.82. The Morgan fingerprint density at radius 1 is 1.53 bits per heavy atom. The van der Waals surface area contributed by atoms with Gasteiger partial charge in [0.15, 0.2) is 0 Å². The van der Waals surface area contributed by atoms with Crippen LogP contribution in [-0.4, -0.2) is 17.8 Å². The van der Waals surface area contributed by atoms with E-state index in [2.05, 4.69) is 0 Å². The van der Waals surface area contributed by atoms with E-state index in [9.17, 15) is 5.11 Å². The maximum Gasteiger partial charge on any atom is 0.0794 e. The lowest BCUT2D eigenvalue weighted by Crippen LogP contribution is -2.08. The van der Waals surface area contributed by atoms with Crippen LogP contribution in [0.1, 0.15) is 42.9 Å². The Morgan fingerprint density at radius 2 is 2.35 bits per heavy atom. The Hall–Kier alpha value is -0.570. The molecule has 2 unspecified atom stereocenters. The zero-order valence-electron chi connectivity index (χ0n) is 10.2. The molecule has 2 atom stereocenters. The first-order valence-corrected chi connectivity index (χ1v) is 6.61. The Bertz CT molecular complexity index is 372. The molecule has 1 heterocycles. The van der Waals surface area contributed by atoms with Crippen molar-refractivity contribution in [1.82, 2.24) is 0 Å². The van der Waals surface area contributed by atoms with Crippen molar-refractivity contribution >= 4 is 11.6 Å². The summed E-state index contributed by atoms with van der Waals surface area (Å²) in [6, 6.07) is 5.69. The number of benzene rings is 1. The van der Waals surface area contributed by atoms with Gasteiger partial charge in [-0.2, -0.15) is 0 Å². The number of halogens is 1. The quantitative estimate of drug-likeness (QED) is 0.889. The second kappa shape index (κ2) is 5.85. The molecule has 1 N–H and O–H groups in total. The third-order valence-electron chi connectivity index (χ3n) is 3.45. The van der Waals surface area contributed by atoms with E-state index in [1.165, 1.54) is 0 Å². The van der Waals surface area contributed by atoms with Crippen molar-refractivity contribution in [2.24, 2.45) is 0 Å². The molecule has 2 nitrogen and oxygen atoms in total. The molecule has 0 aliphatic carbocycles. The van der Waals surface area contributed by atoms with Crippen molar-refractivity contribution in [2.45, 2.75) is 44.8 Å². The molecular formula is C14H19ClO2. The molecule has 0 bridgehead atoms. The molecule has 94 valence electrons. The van der Waals surface area contributed by atoms with E-state index >= 15 is 0 Å². The zero-order valence-corrected chi connectivity index (χ0v) is 10.9. The molecule has 0 saturated carbocycles. The van der Waals surface area contributed by atoms with E-state index < -0.39 is 6.10 Å². The molecule has 17 heavy (non-hydrogen) atoms. The highest BCUT2D eigenvalue weighted by Crippen LogP contribution is 2.28. The first-order chi connectivity index (χ1) is 8.18. The van der Waals surface area contributed by atoms with Crippen molar-refractivity contribution in [3.63, 3.8) is 0 Å². The van der Waals surface area contributed by atoms with Crippen LogP contribution < -0.4 is 0 Å². The van der Waals surface area contributed by atoms with Crippen LogP contribution in [-0.2, 0) is 4.74 Å². The van der Waals surface area contributed by atoms with E-state index in [1.807, 2.05) is 25.1 Å². The fourth-order valence-corrected chi connectivity index (χ4v) is 2.54. The number of hydrogen-bond donors (Lipinski definition) is 1. The Kier molecular flexibility index (Phi) is 4.43. The average Bonchev–Trinajstić information content (AvgIpc) is 2.82. The summed E-state index contributed by atoms with van der Waals surface area (Å²) in [4.78, 5) is 0. The first kappa shape index (κ1) is 12.9. The Balaban J connectivity index is 1.94. The van der Waals surface area contributed by atoms with E-state index in [0.29, 0.717) is 6.10 Å². The summed E-state index contributed by atoms with van der Waals surface area (Å²) in [5, 5.41) is 10.9. The number of aliphatic hydroxyl groups is 1. The predicted molar refractivity (Wildman–Crippen MR) is 69.4 cm³/mol. The third kappa shape index (κ3) is 3.21. The van der Waals surface area contributed by atoms with Gasteiger partial charge in [-0.05, 0) is 49.8 Å². The number of rotatable bonds is 4. The van der Waals surface area contributed by atoms with Gasteiger partial charge in [0.2, 0.25) is 0 Å². The van der Waals surface area contributed by atoms with Crippen molar-refractivity contribution in [2.75, 3.05) is 6.61 Å². The minimum Gasteiger partial charge on any atom is -0.388 e. The molecule has 1 aromatic rings. The fraction of sp³-hybridized carbons (Fsp3) is 0.571. The van der Waals surface area contributed by atoms with Gasteiger partial charge in [-0.15, -0.1) is 0 Å². The van der Waals surface area contributed by atoms with E-state index in [4.69, 9.17) is 16.3 Å². The molecule has 1 aliphatic heterocycles. The molecule has 1 saturated heterocycles. The van der Waals surface area contributed by atoms with Crippen molar-refractivity contribution in [3.05, 3.63) is 34.3 Å². The molecule has 2 rings (SSSR count). The summed E-state index contributed by atoms with van der Waals surface area (Å²) in [5.41, 5.74) is 1.92. The van der Waals surface area contributed by atoms with Crippen LogP contribution in [0, 0.1) is 6.92 Å². The van der Waals surface area contributed by atoms with Gasteiger partial charge in [-0.3, -0.25) is 0 Å². The largest absolute Gasteiger partial charge is 0.388 e. The predicted octanol–water partition coefficient (Wildman–Crippen LogP) is 3.64. The standard InChI is InChI=1S/C14H19ClO2/c1-10-12(5-2-6-13(10)15)14(16)8-7-11-4-3-9-17-11/h2,5-6,11,14,16H,3-4,7-9H2,1H3. The van der Waals surface area contributed by atoms with E-state index in [1.54, 1.807) is 0 Å². The lowest BCUT2D eigenvalue weighted by Gasteiger charge is -2.16. The maximum atomic E-state index is 10.2. The summed E-state index contributed by atoms with van der Waals surface area (Å²) in [5.74, 6) is 0. The first-order valence-electron chi connectivity index (χ1n) is 6.23. The summed E-state index contributed by atoms with van der Waals surface area (Å²) >= 11 is 6.05. The van der Waals surface area contributed by atoms with Crippen LogP contribution in [0.25, 0.3) is 0 Å². The highest BCUT2D eigenvalue weighted by atomic mass is 35.5. The average molecular weight is 255 g/mol. The lowest BCUT2D eigenvalue weighted by molar-refractivity contribution is 0.0811. The Morgan fingerprint density at radius 3 is 3.06 bits per heavy atom. The topological polar surface area (TPSA) is 29.5 Å².